The molecule has 0 radical (unpaired) electrons. The number of aromatic amines is 1. The van der Waals surface area contributed by atoms with Crippen molar-refractivity contribution in [2.75, 3.05) is 5.32 Å². The number of aryl methyl sites for hydroxylation is 1. The highest BCUT2D eigenvalue weighted by Crippen LogP contribution is 2.46. The third-order valence-corrected chi connectivity index (χ3v) is 5.11. The summed E-state index contributed by atoms with van der Waals surface area (Å²) >= 11 is 1.36. The van der Waals surface area contributed by atoms with E-state index in [2.05, 4.69) is 29.7 Å². The Bertz CT molecular complexity index is 1270. The Balaban J connectivity index is 1.55. The van der Waals surface area contributed by atoms with Gasteiger partial charge in [-0.1, -0.05) is 12.1 Å². The van der Waals surface area contributed by atoms with Gasteiger partial charge in [0.1, 0.15) is 11.3 Å². The topological polar surface area (TPSA) is 89.1 Å². The summed E-state index contributed by atoms with van der Waals surface area (Å²) in [6, 6.07) is 9.61. The number of rotatable bonds is 3. The van der Waals surface area contributed by atoms with Crippen LogP contribution >= 0.6 is 11.3 Å². The number of halogens is 2. The summed E-state index contributed by atoms with van der Waals surface area (Å²) in [5.41, 5.74) is 1.61. The minimum atomic E-state index is -3.73. The number of amides is 1. The summed E-state index contributed by atoms with van der Waals surface area (Å²) in [4.78, 5) is 25.3. The zero-order chi connectivity index (χ0) is 20.2. The third-order valence-electron chi connectivity index (χ3n) is 4.28. The molecule has 146 valence electrons. The summed E-state index contributed by atoms with van der Waals surface area (Å²) in [5, 5.41) is 3.22. The molecule has 0 aliphatic carbocycles. The van der Waals surface area contributed by atoms with E-state index in [-0.39, 0.29) is 23.2 Å². The summed E-state index contributed by atoms with van der Waals surface area (Å²) in [6.45, 7) is 1.89. The van der Waals surface area contributed by atoms with E-state index in [4.69, 9.17) is 0 Å². The van der Waals surface area contributed by atoms with Crippen molar-refractivity contribution < 1.29 is 23.0 Å². The Morgan fingerprint density at radius 3 is 2.83 bits per heavy atom. The molecule has 2 aromatic heterocycles. The van der Waals surface area contributed by atoms with Gasteiger partial charge in [-0.15, -0.1) is 20.1 Å². The van der Waals surface area contributed by atoms with E-state index in [9.17, 15) is 13.6 Å². The second-order valence-corrected chi connectivity index (χ2v) is 7.55. The van der Waals surface area contributed by atoms with Gasteiger partial charge < -0.3 is 14.5 Å². The monoisotopic (exact) mass is 414 g/mol. The highest BCUT2D eigenvalue weighted by Gasteiger charge is 2.44. The van der Waals surface area contributed by atoms with E-state index in [0.717, 1.165) is 4.88 Å². The Hall–Kier alpha value is -3.53. The zero-order valence-electron chi connectivity index (χ0n) is 14.8. The SMILES string of the molecule is Cc1cnc(NC(=O)c2cccc3[nH]c(-c4cccc5c4OC(F)(F)O5)nc23)s1. The largest absolute Gasteiger partial charge is 0.586 e. The van der Waals surface area contributed by atoms with E-state index >= 15 is 0 Å². The number of para-hydroxylation sites is 2. The molecule has 0 bridgehead atoms. The zero-order valence-corrected chi connectivity index (χ0v) is 15.6. The standard InChI is InChI=1S/C19H12F2N4O3S/c1-9-8-22-18(29-9)25-17(26)10-4-2-6-12-14(10)24-16(23-12)11-5-3-7-13-15(11)28-19(20,21)27-13/h2-8H,1H3,(H,23,24)(H,22,25,26). The molecule has 0 atom stereocenters. The van der Waals surface area contributed by atoms with Gasteiger partial charge >= 0.3 is 6.29 Å². The van der Waals surface area contributed by atoms with Gasteiger partial charge in [-0.05, 0) is 31.2 Å². The molecule has 0 fully saturated rings. The van der Waals surface area contributed by atoms with Gasteiger partial charge in [0.25, 0.3) is 5.91 Å². The molecule has 0 saturated carbocycles. The quantitative estimate of drug-likeness (QED) is 0.513. The molecular formula is C19H12F2N4O3S. The Labute approximate surface area is 166 Å². The maximum Gasteiger partial charge on any atom is 0.586 e. The first kappa shape index (κ1) is 17.6. The van der Waals surface area contributed by atoms with Crippen molar-refractivity contribution in [2.45, 2.75) is 13.2 Å². The minimum Gasteiger partial charge on any atom is -0.395 e. The molecule has 7 nitrogen and oxygen atoms in total. The second kappa shape index (κ2) is 6.24. The minimum absolute atomic E-state index is 0.0786. The van der Waals surface area contributed by atoms with Crippen molar-refractivity contribution in [1.82, 2.24) is 15.0 Å². The van der Waals surface area contributed by atoms with Crippen LogP contribution in [0.2, 0.25) is 0 Å². The van der Waals surface area contributed by atoms with Crippen molar-refractivity contribution in [3.8, 4) is 22.9 Å². The number of thiazole rings is 1. The van der Waals surface area contributed by atoms with Crippen molar-refractivity contribution in [1.29, 1.82) is 0 Å². The maximum atomic E-state index is 13.5. The normalized spacial score (nSPS) is 14.3. The number of H-pyrrole nitrogens is 1. The average molecular weight is 414 g/mol. The van der Waals surface area contributed by atoms with Crippen LogP contribution in [-0.2, 0) is 0 Å². The smallest absolute Gasteiger partial charge is 0.395 e. The predicted octanol–water partition coefficient (Wildman–Crippen LogP) is 4.57. The predicted molar refractivity (Wildman–Crippen MR) is 103 cm³/mol. The van der Waals surface area contributed by atoms with E-state index < -0.39 is 6.29 Å². The van der Waals surface area contributed by atoms with Crippen LogP contribution in [0.15, 0.2) is 42.6 Å². The number of hydrogen-bond donors (Lipinski definition) is 2. The average Bonchev–Trinajstić information content (AvgIpc) is 3.35. The molecule has 2 N–H and O–H groups in total. The van der Waals surface area contributed by atoms with Crippen molar-refractivity contribution >= 4 is 33.4 Å². The molecule has 5 rings (SSSR count). The fourth-order valence-electron chi connectivity index (χ4n) is 3.08. The van der Waals surface area contributed by atoms with Crippen LogP contribution in [-0.4, -0.2) is 27.2 Å². The number of carbonyl (C=O) groups excluding carboxylic acids is 1. The van der Waals surface area contributed by atoms with E-state index in [1.807, 2.05) is 6.92 Å². The van der Waals surface area contributed by atoms with Gasteiger partial charge in [0.05, 0.1) is 16.6 Å². The Morgan fingerprint density at radius 2 is 2.03 bits per heavy atom. The molecule has 1 amide bonds. The van der Waals surface area contributed by atoms with Crippen LogP contribution in [0.1, 0.15) is 15.2 Å². The lowest BCUT2D eigenvalue weighted by Crippen LogP contribution is -2.26. The van der Waals surface area contributed by atoms with E-state index in [0.29, 0.717) is 27.3 Å². The number of imidazole rings is 1. The molecule has 0 spiro atoms. The van der Waals surface area contributed by atoms with Crippen LogP contribution in [0.25, 0.3) is 22.4 Å². The molecule has 4 aromatic rings. The van der Waals surface area contributed by atoms with Crippen molar-refractivity contribution in [3.63, 3.8) is 0 Å². The Kier molecular flexibility index (Phi) is 3.78. The lowest BCUT2D eigenvalue weighted by Gasteiger charge is -2.05. The van der Waals surface area contributed by atoms with Gasteiger partial charge in [-0.2, -0.15) is 0 Å². The van der Waals surface area contributed by atoms with Crippen molar-refractivity contribution in [2.24, 2.45) is 0 Å². The fraction of sp³-hybridized carbons (Fsp3) is 0.105. The number of nitrogens with one attached hydrogen (secondary N) is 2. The molecule has 2 aromatic carbocycles. The molecule has 0 saturated heterocycles. The number of benzene rings is 2. The van der Waals surface area contributed by atoms with Crippen LogP contribution < -0.4 is 14.8 Å². The van der Waals surface area contributed by atoms with Gasteiger partial charge in [0.2, 0.25) is 0 Å². The summed E-state index contributed by atoms with van der Waals surface area (Å²) in [5.74, 6) is -0.276. The third kappa shape index (κ3) is 3.07. The van der Waals surface area contributed by atoms with Gasteiger partial charge in [-0.25, -0.2) is 9.97 Å². The molecule has 29 heavy (non-hydrogen) atoms. The van der Waals surface area contributed by atoms with Crippen LogP contribution in [0.3, 0.4) is 0 Å². The molecule has 1 aliphatic heterocycles. The number of nitrogens with zero attached hydrogens (tertiary/aromatic N) is 2. The second-order valence-electron chi connectivity index (χ2n) is 6.32. The van der Waals surface area contributed by atoms with Crippen LogP contribution in [0, 0.1) is 6.92 Å². The molecule has 10 heteroatoms. The highest BCUT2D eigenvalue weighted by atomic mass is 32.1. The van der Waals surface area contributed by atoms with Gasteiger partial charge in [0, 0.05) is 11.1 Å². The lowest BCUT2D eigenvalue weighted by molar-refractivity contribution is -0.286. The Morgan fingerprint density at radius 1 is 1.21 bits per heavy atom. The summed E-state index contributed by atoms with van der Waals surface area (Å²) < 4.78 is 36.1. The molecule has 1 aliphatic rings. The van der Waals surface area contributed by atoms with E-state index in [1.165, 1.54) is 17.4 Å². The summed E-state index contributed by atoms with van der Waals surface area (Å²) in [6.07, 6.45) is -2.07. The number of alkyl halides is 2. The summed E-state index contributed by atoms with van der Waals surface area (Å²) in [7, 11) is 0. The number of hydrogen-bond acceptors (Lipinski definition) is 6. The first-order valence-electron chi connectivity index (χ1n) is 8.51. The molecule has 0 unspecified atom stereocenters. The van der Waals surface area contributed by atoms with Crippen LogP contribution in [0.4, 0.5) is 13.9 Å². The number of aromatic nitrogens is 3. The number of ether oxygens (including phenoxy) is 2. The number of carbonyl (C=O) groups is 1. The molecule has 3 heterocycles. The highest BCUT2D eigenvalue weighted by molar-refractivity contribution is 7.15. The number of fused-ring (bicyclic) bond motifs is 2. The van der Waals surface area contributed by atoms with Gasteiger partial charge in [-0.3, -0.25) is 10.1 Å². The first-order chi connectivity index (χ1) is 13.9. The van der Waals surface area contributed by atoms with Gasteiger partial charge in [0.15, 0.2) is 16.6 Å². The fourth-order valence-corrected chi connectivity index (χ4v) is 3.74. The lowest BCUT2D eigenvalue weighted by atomic mass is 10.1. The maximum absolute atomic E-state index is 13.5. The van der Waals surface area contributed by atoms with Crippen molar-refractivity contribution in [3.05, 3.63) is 53.0 Å². The van der Waals surface area contributed by atoms with E-state index in [1.54, 1.807) is 36.5 Å². The molecular weight excluding hydrogens is 402 g/mol. The first-order valence-corrected chi connectivity index (χ1v) is 9.33. The van der Waals surface area contributed by atoms with Crippen LogP contribution in [0.5, 0.6) is 11.5 Å². The number of anilines is 1.